The molecule has 206 valence electrons. The highest BCUT2D eigenvalue weighted by Crippen LogP contribution is 2.32. The van der Waals surface area contributed by atoms with E-state index < -0.39 is 35.0 Å². The van der Waals surface area contributed by atoms with Gasteiger partial charge in [0.05, 0.1) is 13.2 Å². The molecule has 9 heteroatoms. The lowest BCUT2D eigenvalue weighted by Crippen LogP contribution is -2.52. The summed E-state index contributed by atoms with van der Waals surface area (Å²) in [4.78, 5) is 40.2. The van der Waals surface area contributed by atoms with E-state index in [4.69, 9.17) is 25.8 Å². The van der Waals surface area contributed by atoms with Crippen molar-refractivity contribution >= 4 is 29.7 Å². The van der Waals surface area contributed by atoms with E-state index in [-0.39, 0.29) is 19.1 Å². The lowest BCUT2D eigenvalue weighted by Gasteiger charge is -2.31. The summed E-state index contributed by atoms with van der Waals surface area (Å²) in [6, 6.07) is 14.5. The zero-order valence-corrected chi connectivity index (χ0v) is 23.8. The molecule has 0 saturated carbocycles. The molecular weight excluding hydrogens is 508 g/mol. The van der Waals surface area contributed by atoms with Crippen molar-refractivity contribution in [1.29, 1.82) is 0 Å². The summed E-state index contributed by atoms with van der Waals surface area (Å²) in [6.07, 6.45) is -1.31. The predicted octanol–water partition coefficient (Wildman–Crippen LogP) is 6.30. The van der Waals surface area contributed by atoms with E-state index in [1.54, 1.807) is 48.5 Å². The first-order valence-corrected chi connectivity index (χ1v) is 13.0. The van der Waals surface area contributed by atoms with Gasteiger partial charge < -0.3 is 19.5 Å². The van der Waals surface area contributed by atoms with Gasteiger partial charge in [0, 0.05) is 11.1 Å². The molecule has 1 fully saturated rings. The first kappa shape index (κ1) is 29.5. The van der Waals surface area contributed by atoms with Gasteiger partial charge in [-0.3, -0.25) is 4.79 Å². The average molecular weight is 545 g/mol. The normalized spacial score (nSPS) is 20.2. The molecule has 0 unspecified atom stereocenters. The molecule has 0 radical (unpaired) electrons. The molecule has 2 atom stereocenters. The number of carbonyl (C=O) groups excluding carboxylic acids is 3. The molecule has 0 aliphatic carbocycles. The molecule has 1 aliphatic heterocycles. The van der Waals surface area contributed by atoms with Gasteiger partial charge in [-0.05, 0) is 89.8 Å². The Morgan fingerprint density at radius 3 is 2.13 bits per heavy atom. The van der Waals surface area contributed by atoms with E-state index in [1.165, 1.54) is 0 Å². The Labute approximate surface area is 229 Å². The van der Waals surface area contributed by atoms with Crippen molar-refractivity contribution in [3.05, 3.63) is 59.1 Å². The summed E-state index contributed by atoms with van der Waals surface area (Å²) in [6.45, 7) is 12.1. The standard InChI is InChI=1S/C29H37ClN2O6/c1-27(2,3)37-25(34)32(26(35)38-28(4,5)6)18-23-15-16-36-29(7,24(33)31-23)21-10-8-9-20(17-21)19-11-13-22(30)14-12-19/h8-14,17,23H,15-16,18H2,1-7H3,(H,31,33)/t23-,29+/m0/s1. The second kappa shape index (κ2) is 11.3. The highest BCUT2D eigenvalue weighted by atomic mass is 35.5. The van der Waals surface area contributed by atoms with Crippen LogP contribution in [0.25, 0.3) is 11.1 Å². The minimum absolute atomic E-state index is 0.125. The quantitative estimate of drug-likeness (QED) is 0.485. The monoisotopic (exact) mass is 544 g/mol. The third kappa shape index (κ3) is 7.71. The van der Waals surface area contributed by atoms with Gasteiger partial charge in [-0.1, -0.05) is 41.9 Å². The van der Waals surface area contributed by atoms with E-state index in [0.717, 1.165) is 16.0 Å². The fourth-order valence-electron chi connectivity index (χ4n) is 3.93. The maximum absolute atomic E-state index is 13.5. The number of hydrogen-bond acceptors (Lipinski definition) is 6. The van der Waals surface area contributed by atoms with Crippen LogP contribution in [0.2, 0.25) is 5.02 Å². The van der Waals surface area contributed by atoms with Gasteiger partial charge in [-0.25, -0.2) is 14.5 Å². The number of nitrogens with zero attached hydrogens (tertiary/aromatic N) is 1. The fourth-order valence-corrected chi connectivity index (χ4v) is 4.06. The number of ether oxygens (including phenoxy) is 3. The zero-order valence-electron chi connectivity index (χ0n) is 23.1. The Hall–Kier alpha value is -3.10. The number of carbonyl (C=O) groups is 3. The van der Waals surface area contributed by atoms with Crippen molar-refractivity contribution in [2.45, 2.75) is 77.7 Å². The smallest absolute Gasteiger partial charge is 0.419 e. The first-order chi connectivity index (χ1) is 17.6. The molecule has 3 amide bonds. The maximum Gasteiger partial charge on any atom is 0.419 e. The fraction of sp³-hybridized carbons (Fsp3) is 0.483. The predicted molar refractivity (Wildman–Crippen MR) is 146 cm³/mol. The van der Waals surface area contributed by atoms with E-state index in [0.29, 0.717) is 17.0 Å². The zero-order chi connectivity index (χ0) is 28.3. The minimum atomic E-state index is -1.28. The highest BCUT2D eigenvalue weighted by molar-refractivity contribution is 6.30. The van der Waals surface area contributed by atoms with Crippen molar-refractivity contribution < 1.29 is 28.6 Å². The van der Waals surface area contributed by atoms with Crippen molar-refractivity contribution in [2.75, 3.05) is 13.2 Å². The third-order valence-corrected chi connectivity index (χ3v) is 6.10. The van der Waals surface area contributed by atoms with Crippen LogP contribution in [0.15, 0.2) is 48.5 Å². The number of imide groups is 1. The molecule has 2 aromatic carbocycles. The van der Waals surface area contributed by atoms with Gasteiger partial charge in [-0.15, -0.1) is 0 Å². The van der Waals surface area contributed by atoms with Crippen LogP contribution >= 0.6 is 11.6 Å². The first-order valence-electron chi connectivity index (χ1n) is 12.6. The van der Waals surface area contributed by atoms with Crippen molar-refractivity contribution in [3.8, 4) is 11.1 Å². The molecule has 8 nitrogen and oxygen atoms in total. The maximum atomic E-state index is 13.5. The van der Waals surface area contributed by atoms with Gasteiger partial charge in [-0.2, -0.15) is 0 Å². The van der Waals surface area contributed by atoms with E-state index in [2.05, 4.69) is 5.32 Å². The molecule has 38 heavy (non-hydrogen) atoms. The topological polar surface area (TPSA) is 94.2 Å². The Bertz CT molecular complexity index is 1140. The molecule has 0 spiro atoms. The SMILES string of the molecule is CC(C)(C)OC(=O)N(C[C@@H]1CCO[C@](C)(c2cccc(-c3ccc(Cl)cc3)c2)C(=O)N1)C(=O)OC(C)(C)C. The number of amides is 3. The Morgan fingerprint density at radius 1 is 1.00 bits per heavy atom. The van der Waals surface area contributed by atoms with Crippen LogP contribution in [0.5, 0.6) is 0 Å². The molecule has 1 aliphatic rings. The van der Waals surface area contributed by atoms with Crippen LogP contribution in [0, 0.1) is 0 Å². The van der Waals surface area contributed by atoms with Crippen LogP contribution in [-0.2, 0) is 24.6 Å². The lowest BCUT2D eigenvalue weighted by molar-refractivity contribution is -0.143. The lowest BCUT2D eigenvalue weighted by atomic mass is 9.91. The van der Waals surface area contributed by atoms with Crippen LogP contribution < -0.4 is 5.32 Å². The van der Waals surface area contributed by atoms with Crippen LogP contribution in [-0.4, -0.2) is 53.4 Å². The number of hydrogen-bond donors (Lipinski definition) is 1. The molecule has 1 heterocycles. The summed E-state index contributed by atoms with van der Waals surface area (Å²) in [5, 5.41) is 3.60. The molecule has 1 N–H and O–H groups in total. The number of halogens is 1. The average Bonchev–Trinajstić information content (AvgIpc) is 2.94. The molecule has 1 saturated heterocycles. The van der Waals surface area contributed by atoms with Crippen LogP contribution in [0.1, 0.15) is 60.5 Å². The van der Waals surface area contributed by atoms with E-state index in [1.807, 2.05) is 48.5 Å². The Kier molecular flexibility index (Phi) is 8.79. The van der Waals surface area contributed by atoms with Gasteiger partial charge >= 0.3 is 12.2 Å². The summed E-state index contributed by atoms with van der Waals surface area (Å²) in [5.74, 6) is -0.374. The number of nitrogens with one attached hydrogen (secondary N) is 1. The summed E-state index contributed by atoms with van der Waals surface area (Å²) >= 11 is 6.03. The van der Waals surface area contributed by atoms with Crippen molar-refractivity contribution in [1.82, 2.24) is 10.2 Å². The van der Waals surface area contributed by atoms with E-state index >= 15 is 0 Å². The molecular formula is C29H37ClN2O6. The van der Waals surface area contributed by atoms with Gasteiger partial charge in [0.25, 0.3) is 5.91 Å². The second-order valence-electron chi connectivity index (χ2n) is 11.5. The van der Waals surface area contributed by atoms with Crippen LogP contribution in [0.4, 0.5) is 9.59 Å². The number of benzene rings is 2. The molecule has 2 aromatic rings. The van der Waals surface area contributed by atoms with Crippen molar-refractivity contribution in [3.63, 3.8) is 0 Å². The minimum Gasteiger partial charge on any atom is -0.443 e. The van der Waals surface area contributed by atoms with Gasteiger partial charge in [0.2, 0.25) is 0 Å². The largest absolute Gasteiger partial charge is 0.443 e. The Balaban J connectivity index is 1.82. The summed E-state index contributed by atoms with van der Waals surface area (Å²) in [7, 11) is 0. The Morgan fingerprint density at radius 2 is 1.58 bits per heavy atom. The molecule has 0 bridgehead atoms. The van der Waals surface area contributed by atoms with Crippen LogP contribution in [0.3, 0.4) is 0 Å². The molecule has 0 aromatic heterocycles. The third-order valence-electron chi connectivity index (χ3n) is 5.85. The van der Waals surface area contributed by atoms with Gasteiger partial charge in [0.15, 0.2) is 5.60 Å². The van der Waals surface area contributed by atoms with Gasteiger partial charge in [0.1, 0.15) is 11.2 Å². The van der Waals surface area contributed by atoms with Crippen molar-refractivity contribution in [2.24, 2.45) is 0 Å². The summed E-state index contributed by atoms with van der Waals surface area (Å²) < 4.78 is 17.0. The number of rotatable bonds is 4. The molecule has 3 rings (SSSR count). The van der Waals surface area contributed by atoms with E-state index in [9.17, 15) is 14.4 Å². The highest BCUT2D eigenvalue weighted by Gasteiger charge is 2.41. The summed E-state index contributed by atoms with van der Waals surface area (Å²) in [5.41, 5.74) is -0.364. The second-order valence-corrected chi connectivity index (χ2v) is 11.9.